The summed E-state index contributed by atoms with van der Waals surface area (Å²) in [4.78, 5) is 37.0. The van der Waals surface area contributed by atoms with Gasteiger partial charge in [-0.05, 0) is 19.3 Å². The molecule has 2 rings (SSSR count). The van der Waals surface area contributed by atoms with Gasteiger partial charge in [0.15, 0.2) is 0 Å². The number of carboxylic acid groups (broad SMARTS) is 2. The molecule has 0 aliphatic carbocycles. The SMILES string of the molecule is C[C@@H]1[C@H]([C@H](C(=O)O)[C@@H](C)O)NC(C(=O)O)[C@@H]1S[C@@H]1CN[C@H](C(=O)N(C)C)C1. The van der Waals surface area contributed by atoms with Crippen LogP contribution in [0.15, 0.2) is 0 Å². The summed E-state index contributed by atoms with van der Waals surface area (Å²) < 4.78 is 0. The van der Waals surface area contributed by atoms with Gasteiger partial charge in [0.25, 0.3) is 0 Å². The van der Waals surface area contributed by atoms with Crippen LogP contribution in [0.25, 0.3) is 0 Å². The van der Waals surface area contributed by atoms with E-state index in [1.807, 2.05) is 6.92 Å². The van der Waals surface area contributed by atoms with Gasteiger partial charge in [0.1, 0.15) is 6.04 Å². The van der Waals surface area contributed by atoms with Crippen molar-refractivity contribution in [3.63, 3.8) is 0 Å². The van der Waals surface area contributed by atoms with Gasteiger partial charge in [0.2, 0.25) is 5.91 Å². The Hall–Kier alpha value is -1.36. The van der Waals surface area contributed by atoms with Crippen molar-refractivity contribution < 1.29 is 29.7 Å². The molecular weight excluding hydrogens is 374 g/mol. The maximum atomic E-state index is 12.1. The molecule has 1 unspecified atom stereocenters. The Balaban J connectivity index is 2.11. The van der Waals surface area contributed by atoms with Crippen LogP contribution in [-0.2, 0) is 14.4 Å². The predicted molar refractivity (Wildman–Crippen MR) is 101 cm³/mol. The zero-order chi connectivity index (χ0) is 20.5. The number of nitrogens with zero attached hydrogens (tertiary/aromatic N) is 1. The van der Waals surface area contributed by atoms with E-state index in [2.05, 4.69) is 10.6 Å². The van der Waals surface area contributed by atoms with Crippen LogP contribution in [0.3, 0.4) is 0 Å². The number of aliphatic hydroxyl groups is 1. The molecule has 0 bridgehead atoms. The highest BCUT2D eigenvalue weighted by Crippen LogP contribution is 2.39. The first kappa shape index (κ1) is 21.9. The second-order valence-electron chi connectivity index (χ2n) is 7.62. The van der Waals surface area contributed by atoms with Crippen molar-refractivity contribution in [1.82, 2.24) is 15.5 Å². The van der Waals surface area contributed by atoms with Crippen LogP contribution in [0.5, 0.6) is 0 Å². The number of rotatable bonds is 7. The summed E-state index contributed by atoms with van der Waals surface area (Å²) in [6.07, 6.45) is -0.503. The fraction of sp³-hybridized carbons (Fsp3) is 0.824. The number of hydrogen-bond acceptors (Lipinski definition) is 7. The van der Waals surface area contributed by atoms with E-state index in [-0.39, 0.29) is 28.4 Å². The highest BCUT2D eigenvalue weighted by Gasteiger charge is 2.51. The number of carbonyl (C=O) groups is 3. The molecule has 1 amide bonds. The molecule has 2 aliphatic heterocycles. The lowest BCUT2D eigenvalue weighted by Gasteiger charge is -2.27. The third-order valence-electron chi connectivity index (χ3n) is 5.42. The molecule has 9 nitrogen and oxygen atoms in total. The minimum atomic E-state index is -1.15. The van der Waals surface area contributed by atoms with Crippen LogP contribution in [0, 0.1) is 11.8 Å². The molecule has 10 heteroatoms. The van der Waals surface area contributed by atoms with Crippen molar-refractivity contribution in [2.24, 2.45) is 11.8 Å². The predicted octanol–water partition coefficient (Wildman–Crippen LogP) is -0.950. The largest absolute Gasteiger partial charge is 0.481 e. The Morgan fingerprint density at radius 1 is 1.22 bits per heavy atom. The topological polar surface area (TPSA) is 139 Å². The fourth-order valence-corrected chi connectivity index (χ4v) is 5.71. The Kier molecular flexibility index (Phi) is 7.12. The molecule has 2 fully saturated rings. The number of thioether (sulfide) groups is 1. The first-order valence-electron chi connectivity index (χ1n) is 9.04. The molecule has 5 N–H and O–H groups in total. The van der Waals surface area contributed by atoms with Gasteiger partial charge in [-0.1, -0.05) is 6.92 Å². The second-order valence-corrected chi connectivity index (χ2v) is 9.11. The molecule has 0 radical (unpaired) electrons. The number of carbonyl (C=O) groups excluding carboxylic acids is 1. The first-order chi connectivity index (χ1) is 12.5. The van der Waals surface area contributed by atoms with Crippen molar-refractivity contribution in [1.29, 1.82) is 0 Å². The smallest absolute Gasteiger partial charge is 0.321 e. The number of likely N-dealkylation sites (N-methyl/N-ethyl adjacent to an activating group) is 1. The molecule has 0 saturated carbocycles. The minimum absolute atomic E-state index is 0.0107. The third kappa shape index (κ3) is 4.74. The van der Waals surface area contributed by atoms with Gasteiger partial charge < -0.3 is 25.5 Å². The van der Waals surface area contributed by atoms with E-state index in [0.29, 0.717) is 13.0 Å². The van der Waals surface area contributed by atoms with Gasteiger partial charge >= 0.3 is 11.9 Å². The average Bonchev–Trinajstić information content (AvgIpc) is 3.13. The Labute approximate surface area is 162 Å². The van der Waals surface area contributed by atoms with E-state index in [9.17, 15) is 29.7 Å². The zero-order valence-corrected chi connectivity index (χ0v) is 16.8. The van der Waals surface area contributed by atoms with Gasteiger partial charge in [-0.15, -0.1) is 0 Å². The molecule has 0 aromatic rings. The van der Waals surface area contributed by atoms with E-state index >= 15 is 0 Å². The summed E-state index contributed by atoms with van der Waals surface area (Å²) in [6, 6.07) is -1.83. The van der Waals surface area contributed by atoms with E-state index in [1.54, 1.807) is 14.1 Å². The number of hydrogen-bond donors (Lipinski definition) is 5. The number of aliphatic carboxylic acids is 2. The highest BCUT2D eigenvalue weighted by atomic mass is 32.2. The van der Waals surface area contributed by atoms with Crippen LogP contribution < -0.4 is 10.6 Å². The number of nitrogens with one attached hydrogen (secondary N) is 2. The van der Waals surface area contributed by atoms with Gasteiger partial charge in [-0.3, -0.25) is 19.7 Å². The Bertz CT molecular complexity index is 587. The van der Waals surface area contributed by atoms with E-state index in [4.69, 9.17) is 0 Å². The molecule has 2 saturated heterocycles. The zero-order valence-electron chi connectivity index (χ0n) is 16.0. The van der Waals surface area contributed by atoms with Crippen molar-refractivity contribution in [3.05, 3.63) is 0 Å². The normalized spacial score (nSPS) is 35.6. The number of amides is 1. The molecule has 154 valence electrons. The lowest BCUT2D eigenvalue weighted by atomic mass is 9.87. The van der Waals surface area contributed by atoms with Gasteiger partial charge in [-0.25, -0.2) is 0 Å². The summed E-state index contributed by atoms with van der Waals surface area (Å²) in [5.41, 5.74) is 0. The number of aliphatic hydroxyl groups excluding tert-OH is 1. The quantitative estimate of drug-likeness (QED) is 0.364. The average molecular weight is 404 g/mol. The maximum Gasteiger partial charge on any atom is 0.321 e. The molecule has 27 heavy (non-hydrogen) atoms. The van der Waals surface area contributed by atoms with Crippen LogP contribution >= 0.6 is 11.8 Å². The Morgan fingerprint density at radius 2 is 1.85 bits per heavy atom. The van der Waals surface area contributed by atoms with Crippen LogP contribution in [0.2, 0.25) is 0 Å². The molecule has 8 atom stereocenters. The second kappa shape index (κ2) is 8.76. The van der Waals surface area contributed by atoms with Crippen molar-refractivity contribution in [2.75, 3.05) is 20.6 Å². The molecule has 2 aliphatic rings. The first-order valence-corrected chi connectivity index (χ1v) is 9.98. The lowest BCUT2D eigenvalue weighted by molar-refractivity contribution is -0.147. The van der Waals surface area contributed by atoms with Crippen molar-refractivity contribution >= 4 is 29.6 Å². The maximum absolute atomic E-state index is 12.1. The summed E-state index contributed by atoms with van der Waals surface area (Å²) in [7, 11) is 3.39. The number of carboxylic acids is 2. The minimum Gasteiger partial charge on any atom is -0.481 e. The van der Waals surface area contributed by atoms with Crippen LogP contribution in [0.4, 0.5) is 0 Å². The van der Waals surface area contributed by atoms with Crippen molar-refractivity contribution in [3.8, 4) is 0 Å². The van der Waals surface area contributed by atoms with Gasteiger partial charge in [-0.2, -0.15) is 11.8 Å². The fourth-order valence-electron chi connectivity index (χ4n) is 4.00. The van der Waals surface area contributed by atoms with E-state index in [1.165, 1.54) is 23.6 Å². The molecule has 0 aromatic carbocycles. The summed E-state index contributed by atoms with van der Waals surface area (Å²) in [5, 5.41) is 34.7. The highest BCUT2D eigenvalue weighted by molar-refractivity contribution is 8.00. The monoisotopic (exact) mass is 403 g/mol. The van der Waals surface area contributed by atoms with Crippen molar-refractivity contribution in [2.45, 2.75) is 55.0 Å². The van der Waals surface area contributed by atoms with E-state index in [0.717, 1.165) is 0 Å². The molecule has 0 aromatic heterocycles. The summed E-state index contributed by atoms with van der Waals surface area (Å²) in [5.74, 6) is -3.55. The van der Waals surface area contributed by atoms with Gasteiger partial charge in [0.05, 0.1) is 18.1 Å². The molecule has 2 heterocycles. The van der Waals surface area contributed by atoms with E-state index < -0.39 is 36.0 Å². The Morgan fingerprint density at radius 3 is 2.33 bits per heavy atom. The van der Waals surface area contributed by atoms with Crippen LogP contribution in [-0.4, -0.2) is 93.4 Å². The lowest BCUT2D eigenvalue weighted by Crippen LogP contribution is -2.47. The summed E-state index contributed by atoms with van der Waals surface area (Å²) in [6.45, 7) is 3.82. The molecular formula is C17H29N3O6S. The van der Waals surface area contributed by atoms with Crippen LogP contribution in [0.1, 0.15) is 20.3 Å². The van der Waals surface area contributed by atoms with Gasteiger partial charge in [0, 0.05) is 37.2 Å². The summed E-state index contributed by atoms with van der Waals surface area (Å²) >= 11 is 1.49. The standard InChI is InChI=1S/C17H29N3O6S/c1-7-12(11(8(2)21)16(23)24)19-13(17(25)26)14(7)27-9-5-10(18-6-9)15(22)20(3)4/h7-14,18-19,21H,5-6H2,1-4H3,(H,23,24)(H,25,26)/t7-,8-,9+,10+,11-,12-,13?,14-/m1/s1. The molecule has 0 spiro atoms. The third-order valence-corrected chi connectivity index (χ3v) is 7.18.